The van der Waals surface area contributed by atoms with E-state index in [1.165, 1.54) is 23.6 Å². The molecule has 1 aliphatic heterocycles. The van der Waals surface area contributed by atoms with Gasteiger partial charge in [-0.2, -0.15) is 0 Å². The Hall–Kier alpha value is -2.82. The van der Waals surface area contributed by atoms with Crippen LogP contribution in [-0.2, 0) is 15.0 Å². The quantitative estimate of drug-likeness (QED) is 0.839. The minimum Gasteiger partial charge on any atom is -0.493 e. The zero-order valence-corrected chi connectivity index (χ0v) is 16.8. The van der Waals surface area contributed by atoms with Gasteiger partial charge in [0.2, 0.25) is 11.8 Å². The average molecular weight is 378 g/mol. The van der Waals surface area contributed by atoms with E-state index in [0.29, 0.717) is 6.61 Å². The monoisotopic (exact) mass is 378 g/mol. The lowest BCUT2D eigenvalue weighted by Gasteiger charge is -2.28. The summed E-state index contributed by atoms with van der Waals surface area (Å²) in [6.45, 7) is 8.22. The standard InChI is InChI=1S/C23H26N2O3/c1-13-10-17-21(11-14(13)2)28-9-8-23(17)12-18(23)22(27)25-20-7-5-6-19(15(20)3)24-16(4)26/h5-7,10-11,18H,8-9,12H2,1-4H3,(H,24,26)(H,25,27)/t18-,23-/m0/s1. The molecule has 2 atom stereocenters. The van der Waals surface area contributed by atoms with E-state index in [1.807, 2.05) is 25.1 Å². The first-order valence-corrected chi connectivity index (χ1v) is 9.74. The molecule has 0 aromatic heterocycles. The van der Waals surface area contributed by atoms with Crippen molar-refractivity contribution in [2.75, 3.05) is 17.2 Å². The number of benzene rings is 2. The molecule has 2 aromatic carbocycles. The molecule has 1 spiro atoms. The molecule has 1 fully saturated rings. The van der Waals surface area contributed by atoms with Crippen molar-refractivity contribution >= 4 is 23.2 Å². The van der Waals surface area contributed by atoms with Crippen molar-refractivity contribution in [3.63, 3.8) is 0 Å². The lowest BCUT2D eigenvalue weighted by molar-refractivity contribution is -0.118. The number of ether oxygens (including phenoxy) is 1. The molecular weight excluding hydrogens is 352 g/mol. The molecule has 1 heterocycles. The first kappa shape index (κ1) is 18.5. The van der Waals surface area contributed by atoms with Gasteiger partial charge in [-0.05, 0) is 68.5 Å². The van der Waals surface area contributed by atoms with Gasteiger partial charge in [-0.3, -0.25) is 9.59 Å². The fraction of sp³-hybridized carbons (Fsp3) is 0.391. The van der Waals surface area contributed by atoms with Crippen molar-refractivity contribution in [2.24, 2.45) is 5.92 Å². The highest BCUT2D eigenvalue weighted by Gasteiger charge is 2.61. The summed E-state index contributed by atoms with van der Waals surface area (Å²) < 4.78 is 5.88. The molecule has 0 radical (unpaired) electrons. The summed E-state index contributed by atoms with van der Waals surface area (Å²) >= 11 is 0. The molecule has 0 unspecified atom stereocenters. The lowest BCUT2D eigenvalue weighted by Crippen LogP contribution is -2.27. The van der Waals surface area contributed by atoms with Gasteiger partial charge in [0.1, 0.15) is 5.75 Å². The Kier molecular flexibility index (Phi) is 4.41. The zero-order valence-electron chi connectivity index (χ0n) is 16.8. The minimum absolute atomic E-state index is 0.0363. The predicted octanol–water partition coefficient (Wildman–Crippen LogP) is 4.25. The van der Waals surface area contributed by atoms with Gasteiger partial charge in [-0.15, -0.1) is 0 Å². The number of nitrogens with one attached hydrogen (secondary N) is 2. The molecule has 2 aliphatic rings. The topological polar surface area (TPSA) is 67.4 Å². The largest absolute Gasteiger partial charge is 0.493 e. The normalized spacial score (nSPS) is 22.2. The van der Waals surface area contributed by atoms with Gasteiger partial charge in [0, 0.05) is 35.2 Å². The number of aryl methyl sites for hydroxylation is 2. The van der Waals surface area contributed by atoms with Gasteiger partial charge < -0.3 is 15.4 Å². The van der Waals surface area contributed by atoms with E-state index in [2.05, 4.69) is 36.6 Å². The van der Waals surface area contributed by atoms with Gasteiger partial charge >= 0.3 is 0 Å². The number of anilines is 2. The third-order valence-electron chi connectivity index (χ3n) is 6.23. The summed E-state index contributed by atoms with van der Waals surface area (Å²) in [4.78, 5) is 24.4. The van der Waals surface area contributed by atoms with Crippen LogP contribution >= 0.6 is 0 Å². The Balaban J connectivity index is 1.57. The predicted molar refractivity (Wildman–Crippen MR) is 110 cm³/mol. The van der Waals surface area contributed by atoms with Crippen LogP contribution in [0.5, 0.6) is 5.75 Å². The third kappa shape index (κ3) is 3.05. The van der Waals surface area contributed by atoms with E-state index >= 15 is 0 Å². The van der Waals surface area contributed by atoms with Gasteiger partial charge in [-0.25, -0.2) is 0 Å². The summed E-state index contributed by atoms with van der Waals surface area (Å²) in [5.41, 5.74) is 5.82. The van der Waals surface area contributed by atoms with Crippen molar-refractivity contribution in [3.05, 3.63) is 52.6 Å². The van der Waals surface area contributed by atoms with Crippen LogP contribution in [0.25, 0.3) is 0 Å². The SMILES string of the molecule is CC(=O)Nc1cccc(NC(=O)[C@@H]2C[C@]23CCOc2cc(C)c(C)cc23)c1C. The van der Waals surface area contributed by atoms with E-state index in [9.17, 15) is 9.59 Å². The van der Waals surface area contributed by atoms with Crippen molar-refractivity contribution in [1.29, 1.82) is 0 Å². The Labute approximate surface area is 165 Å². The first-order valence-electron chi connectivity index (χ1n) is 9.74. The highest BCUT2D eigenvalue weighted by atomic mass is 16.5. The van der Waals surface area contributed by atoms with Crippen molar-refractivity contribution in [1.82, 2.24) is 0 Å². The summed E-state index contributed by atoms with van der Waals surface area (Å²) in [5.74, 6) is 0.779. The molecule has 1 aliphatic carbocycles. The van der Waals surface area contributed by atoms with Crippen LogP contribution in [0.3, 0.4) is 0 Å². The van der Waals surface area contributed by atoms with E-state index < -0.39 is 0 Å². The van der Waals surface area contributed by atoms with Crippen molar-refractivity contribution < 1.29 is 14.3 Å². The second kappa shape index (κ2) is 6.66. The Bertz CT molecular complexity index is 982. The number of hydrogen-bond acceptors (Lipinski definition) is 3. The van der Waals surface area contributed by atoms with Crippen LogP contribution in [-0.4, -0.2) is 18.4 Å². The van der Waals surface area contributed by atoms with Crippen molar-refractivity contribution in [2.45, 2.75) is 46.0 Å². The Morgan fingerprint density at radius 3 is 2.46 bits per heavy atom. The number of amides is 2. The molecule has 2 amide bonds. The number of carbonyl (C=O) groups is 2. The van der Waals surface area contributed by atoms with Crippen molar-refractivity contribution in [3.8, 4) is 5.75 Å². The van der Waals surface area contributed by atoms with Crippen LogP contribution < -0.4 is 15.4 Å². The summed E-state index contributed by atoms with van der Waals surface area (Å²) in [5, 5.41) is 5.89. The van der Waals surface area contributed by atoms with E-state index in [1.54, 1.807) is 0 Å². The smallest absolute Gasteiger partial charge is 0.228 e. The van der Waals surface area contributed by atoms with E-state index in [4.69, 9.17) is 4.74 Å². The second-order valence-corrected chi connectivity index (χ2v) is 8.09. The molecule has 5 heteroatoms. The summed E-state index contributed by atoms with van der Waals surface area (Å²) in [6.07, 6.45) is 1.72. The molecule has 28 heavy (non-hydrogen) atoms. The average Bonchev–Trinajstić information content (AvgIpc) is 3.35. The second-order valence-electron chi connectivity index (χ2n) is 8.09. The Morgan fingerprint density at radius 2 is 1.75 bits per heavy atom. The molecule has 5 nitrogen and oxygen atoms in total. The Morgan fingerprint density at radius 1 is 1.07 bits per heavy atom. The zero-order chi connectivity index (χ0) is 20.1. The third-order valence-corrected chi connectivity index (χ3v) is 6.23. The first-order chi connectivity index (χ1) is 13.3. The van der Waals surface area contributed by atoms with E-state index in [-0.39, 0.29) is 23.1 Å². The lowest BCUT2D eigenvalue weighted by atomic mass is 9.85. The molecule has 1 saturated carbocycles. The molecular formula is C23H26N2O3. The number of carbonyl (C=O) groups excluding carboxylic acids is 2. The van der Waals surface area contributed by atoms with Gasteiger partial charge in [0.15, 0.2) is 0 Å². The maximum absolute atomic E-state index is 13.1. The van der Waals surface area contributed by atoms with Crippen LogP contribution in [0.2, 0.25) is 0 Å². The van der Waals surface area contributed by atoms with Gasteiger partial charge in [-0.1, -0.05) is 12.1 Å². The van der Waals surface area contributed by atoms with Gasteiger partial charge in [0.25, 0.3) is 0 Å². The molecule has 4 rings (SSSR count). The van der Waals surface area contributed by atoms with Crippen LogP contribution in [0.1, 0.15) is 42.0 Å². The number of hydrogen-bond donors (Lipinski definition) is 2. The maximum atomic E-state index is 13.1. The maximum Gasteiger partial charge on any atom is 0.228 e. The molecule has 0 saturated heterocycles. The fourth-order valence-corrected chi connectivity index (χ4v) is 4.31. The van der Waals surface area contributed by atoms with E-state index in [0.717, 1.165) is 35.5 Å². The van der Waals surface area contributed by atoms with Gasteiger partial charge in [0.05, 0.1) is 6.61 Å². The highest BCUT2D eigenvalue weighted by molar-refractivity contribution is 5.98. The van der Waals surface area contributed by atoms with Crippen LogP contribution in [0.4, 0.5) is 11.4 Å². The summed E-state index contributed by atoms with van der Waals surface area (Å²) in [6, 6.07) is 9.84. The number of rotatable bonds is 3. The van der Waals surface area contributed by atoms with Crippen LogP contribution in [0.15, 0.2) is 30.3 Å². The minimum atomic E-state index is -0.128. The number of fused-ring (bicyclic) bond motifs is 2. The fourth-order valence-electron chi connectivity index (χ4n) is 4.31. The van der Waals surface area contributed by atoms with Crippen LogP contribution in [0, 0.1) is 26.7 Å². The molecule has 2 aromatic rings. The highest BCUT2D eigenvalue weighted by Crippen LogP contribution is 2.61. The molecule has 146 valence electrons. The molecule has 2 N–H and O–H groups in total. The molecule has 0 bridgehead atoms. The summed E-state index contributed by atoms with van der Waals surface area (Å²) in [7, 11) is 0.